The maximum atomic E-state index is 5.84. The molecule has 0 aromatic heterocycles. The lowest BCUT2D eigenvalue weighted by atomic mass is 10.1. The van der Waals surface area contributed by atoms with Gasteiger partial charge in [-0.3, -0.25) is 0 Å². The molecule has 0 aliphatic carbocycles. The van der Waals surface area contributed by atoms with Crippen LogP contribution in [0.5, 0.6) is 11.5 Å². The van der Waals surface area contributed by atoms with Crippen LogP contribution in [-0.4, -0.2) is 26.7 Å². The van der Waals surface area contributed by atoms with Crippen molar-refractivity contribution in [1.82, 2.24) is 5.32 Å². The van der Waals surface area contributed by atoms with E-state index in [4.69, 9.17) is 15.2 Å². The number of benzene rings is 1. The van der Waals surface area contributed by atoms with Crippen molar-refractivity contribution in [2.24, 2.45) is 16.6 Å². The van der Waals surface area contributed by atoms with Crippen molar-refractivity contribution < 1.29 is 9.47 Å². The number of hydrogen-bond donors (Lipinski definition) is 2. The zero-order chi connectivity index (χ0) is 15.8. The Morgan fingerprint density at radius 3 is 2.62 bits per heavy atom. The van der Waals surface area contributed by atoms with E-state index in [-0.39, 0.29) is 0 Å². The highest BCUT2D eigenvalue weighted by Gasteiger charge is 2.10. The Balaban J connectivity index is 2.68. The maximum Gasteiger partial charge on any atom is 0.188 e. The van der Waals surface area contributed by atoms with Gasteiger partial charge in [-0.05, 0) is 46.0 Å². The second kappa shape index (κ2) is 8.77. The molecule has 0 amide bonds. The van der Waals surface area contributed by atoms with Gasteiger partial charge >= 0.3 is 0 Å². The number of nitrogens with two attached hydrogens (primary N) is 1. The molecule has 1 aromatic rings. The molecule has 0 radical (unpaired) electrons. The van der Waals surface area contributed by atoms with E-state index < -0.39 is 0 Å². The van der Waals surface area contributed by atoms with Gasteiger partial charge in [0.2, 0.25) is 0 Å². The van der Waals surface area contributed by atoms with Crippen molar-refractivity contribution in [3.63, 3.8) is 0 Å². The largest absolute Gasteiger partial charge is 0.493 e. The second-order valence-corrected chi connectivity index (χ2v) is 5.98. The molecule has 1 aromatic carbocycles. The summed E-state index contributed by atoms with van der Waals surface area (Å²) in [6.45, 7) is 5.68. The Kier molecular flexibility index (Phi) is 7.36. The number of ether oxygens (including phenoxy) is 2. The minimum Gasteiger partial charge on any atom is -0.493 e. The summed E-state index contributed by atoms with van der Waals surface area (Å²) in [7, 11) is 3.22. The molecule has 0 spiro atoms. The molecule has 3 N–H and O–H groups in total. The third-order valence-electron chi connectivity index (χ3n) is 2.95. The van der Waals surface area contributed by atoms with Crippen molar-refractivity contribution >= 4 is 21.9 Å². The van der Waals surface area contributed by atoms with E-state index in [9.17, 15) is 0 Å². The molecule has 0 saturated heterocycles. The van der Waals surface area contributed by atoms with Crippen molar-refractivity contribution in [1.29, 1.82) is 0 Å². The predicted octanol–water partition coefficient (Wildman–Crippen LogP) is 2.92. The molecule has 0 bridgehead atoms. The molecule has 0 atom stereocenters. The van der Waals surface area contributed by atoms with Gasteiger partial charge in [-0.1, -0.05) is 13.8 Å². The molecule has 0 heterocycles. The number of rotatable bonds is 7. The summed E-state index contributed by atoms with van der Waals surface area (Å²) < 4.78 is 11.4. The van der Waals surface area contributed by atoms with Gasteiger partial charge in [0, 0.05) is 6.54 Å². The third kappa shape index (κ3) is 5.83. The van der Waals surface area contributed by atoms with Crippen molar-refractivity contribution in [2.45, 2.75) is 26.8 Å². The Morgan fingerprint density at radius 2 is 2.05 bits per heavy atom. The van der Waals surface area contributed by atoms with Gasteiger partial charge in [0.05, 0.1) is 25.2 Å². The summed E-state index contributed by atoms with van der Waals surface area (Å²) >= 11 is 3.46. The molecule has 5 nitrogen and oxygen atoms in total. The van der Waals surface area contributed by atoms with E-state index in [2.05, 4.69) is 40.1 Å². The van der Waals surface area contributed by atoms with Gasteiger partial charge in [0.1, 0.15) is 0 Å². The Bertz CT molecular complexity index is 490. The minimum absolute atomic E-state index is 0.460. The molecule has 0 aliphatic heterocycles. The summed E-state index contributed by atoms with van der Waals surface area (Å²) in [6.07, 6.45) is 1.07. The summed E-state index contributed by atoms with van der Waals surface area (Å²) in [6, 6.07) is 3.85. The molecule has 21 heavy (non-hydrogen) atoms. The van der Waals surface area contributed by atoms with E-state index in [0.717, 1.165) is 23.0 Å². The number of nitrogens with zero attached hydrogens (tertiary/aromatic N) is 1. The highest BCUT2D eigenvalue weighted by atomic mass is 79.9. The Morgan fingerprint density at radius 1 is 1.33 bits per heavy atom. The van der Waals surface area contributed by atoms with E-state index in [1.54, 1.807) is 14.2 Å². The predicted molar refractivity (Wildman–Crippen MR) is 90.0 cm³/mol. The number of aliphatic imine (C=N–C) groups is 1. The van der Waals surface area contributed by atoms with Crippen LogP contribution in [0.3, 0.4) is 0 Å². The van der Waals surface area contributed by atoms with Crippen LogP contribution in [0, 0.1) is 5.92 Å². The van der Waals surface area contributed by atoms with Gasteiger partial charge in [-0.25, -0.2) is 4.99 Å². The van der Waals surface area contributed by atoms with Crippen LogP contribution in [0.1, 0.15) is 25.8 Å². The van der Waals surface area contributed by atoms with Gasteiger partial charge in [0.25, 0.3) is 0 Å². The summed E-state index contributed by atoms with van der Waals surface area (Å²) in [5, 5.41) is 3.11. The van der Waals surface area contributed by atoms with Crippen LogP contribution in [0.15, 0.2) is 21.6 Å². The van der Waals surface area contributed by atoms with Crippen LogP contribution in [-0.2, 0) is 6.54 Å². The normalized spacial score (nSPS) is 11.6. The zero-order valence-corrected chi connectivity index (χ0v) is 14.7. The summed E-state index contributed by atoms with van der Waals surface area (Å²) in [4.78, 5) is 4.33. The topological polar surface area (TPSA) is 68.9 Å². The third-order valence-corrected chi connectivity index (χ3v) is 3.54. The highest BCUT2D eigenvalue weighted by molar-refractivity contribution is 9.10. The molecule has 118 valence electrons. The van der Waals surface area contributed by atoms with Crippen molar-refractivity contribution in [2.75, 3.05) is 20.8 Å². The zero-order valence-electron chi connectivity index (χ0n) is 13.1. The van der Waals surface area contributed by atoms with Gasteiger partial charge in [-0.15, -0.1) is 0 Å². The minimum atomic E-state index is 0.460. The molecule has 1 rings (SSSR count). The Labute approximate surface area is 135 Å². The molecule has 0 fully saturated rings. The molecule has 0 unspecified atom stereocenters. The van der Waals surface area contributed by atoms with E-state index >= 15 is 0 Å². The smallest absolute Gasteiger partial charge is 0.188 e. The van der Waals surface area contributed by atoms with Gasteiger partial charge in [0.15, 0.2) is 17.5 Å². The maximum absolute atomic E-state index is 5.84. The molecule has 0 aliphatic rings. The summed E-state index contributed by atoms with van der Waals surface area (Å²) in [5.41, 5.74) is 6.84. The fourth-order valence-corrected chi connectivity index (χ4v) is 2.44. The van der Waals surface area contributed by atoms with Crippen LogP contribution < -0.4 is 20.5 Å². The fourth-order valence-electron chi connectivity index (χ4n) is 1.78. The number of nitrogens with one attached hydrogen (secondary N) is 1. The Hall–Kier alpha value is -1.43. The van der Waals surface area contributed by atoms with Crippen molar-refractivity contribution in [3.8, 4) is 11.5 Å². The van der Waals surface area contributed by atoms with Crippen LogP contribution >= 0.6 is 15.9 Å². The highest BCUT2D eigenvalue weighted by Crippen LogP contribution is 2.36. The van der Waals surface area contributed by atoms with E-state index in [1.165, 1.54) is 0 Å². The van der Waals surface area contributed by atoms with E-state index in [1.807, 2.05) is 12.1 Å². The molecule has 6 heteroatoms. The second-order valence-electron chi connectivity index (χ2n) is 5.12. The molecule has 0 saturated carbocycles. The van der Waals surface area contributed by atoms with Crippen molar-refractivity contribution in [3.05, 3.63) is 22.2 Å². The van der Waals surface area contributed by atoms with Crippen LogP contribution in [0.2, 0.25) is 0 Å². The van der Waals surface area contributed by atoms with Gasteiger partial charge in [-0.2, -0.15) is 0 Å². The molecular weight excluding hydrogens is 334 g/mol. The number of methoxy groups -OCH3 is 2. The van der Waals surface area contributed by atoms with Crippen LogP contribution in [0.4, 0.5) is 0 Å². The first-order valence-corrected chi connectivity index (χ1v) is 7.71. The lowest BCUT2D eigenvalue weighted by Gasteiger charge is -2.11. The standard InChI is InChI=1S/C15H24BrN3O2/c1-10(2)5-6-18-15(17)19-9-11-7-12(16)14(21-4)13(8-11)20-3/h7-8,10H,5-6,9H2,1-4H3,(H3,17,18,19). The monoisotopic (exact) mass is 357 g/mol. The van der Waals surface area contributed by atoms with Crippen LogP contribution in [0.25, 0.3) is 0 Å². The SMILES string of the molecule is COc1cc(CN=C(N)NCCC(C)C)cc(Br)c1OC. The summed E-state index contributed by atoms with van der Waals surface area (Å²) in [5.74, 6) is 2.45. The first-order chi connectivity index (χ1) is 9.97. The molecular formula is C15H24BrN3O2. The fraction of sp³-hybridized carbons (Fsp3) is 0.533. The number of guanidine groups is 1. The lowest BCUT2D eigenvalue weighted by molar-refractivity contribution is 0.352. The van der Waals surface area contributed by atoms with E-state index in [0.29, 0.717) is 29.9 Å². The van der Waals surface area contributed by atoms with Gasteiger partial charge < -0.3 is 20.5 Å². The number of halogens is 1. The quantitative estimate of drug-likeness (QED) is 0.581. The average Bonchev–Trinajstić information content (AvgIpc) is 2.44. The lowest BCUT2D eigenvalue weighted by Crippen LogP contribution is -2.32. The average molecular weight is 358 g/mol. The number of hydrogen-bond acceptors (Lipinski definition) is 3. The first-order valence-electron chi connectivity index (χ1n) is 6.92. The first kappa shape index (κ1) is 17.6.